The van der Waals surface area contributed by atoms with Crippen LogP contribution in [-0.4, -0.2) is 41.3 Å². The molecule has 0 aromatic heterocycles. The Morgan fingerprint density at radius 1 is 1.47 bits per heavy atom. The third kappa shape index (κ3) is 4.32. The van der Waals surface area contributed by atoms with E-state index in [0.717, 1.165) is 25.3 Å². The fraction of sp³-hybridized carbons (Fsp3) is 0.533. The Labute approximate surface area is 118 Å². The average Bonchev–Trinajstić information content (AvgIpc) is 2.41. The van der Waals surface area contributed by atoms with Crippen LogP contribution in [0, 0.1) is 5.82 Å². The smallest absolute Gasteiger partial charge is 0.151 e. The molecule has 1 unspecified atom stereocenters. The van der Waals surface area contributed by atoms with Gasteiger partial charge in [0.05, 0.1) is 6.54 Å². The Hall–Kier alpha value is -0.870. The van der Waals surface area contributed by atoms with E-state index in [2.05, 4.69) is 11.8 Å². The minimum atomic E-state index is -0.281. The largest absolute Gasteiger partial charge is 0.298 e. The lowest BCUT2D eigenvalue weighted by Crippen LogP contribution is -2.41. The molecular weight excluding hydrogens is 261 g/mol. The molecule has 1 saturated heterocycles. The molecule has 2 rings (SSSR count). The fourth-order valence-corrected chi connectivity index (χ4v) is 3.58. The quantitative estimate of drug-likeness (QED) is 0.828. The average molecular weight is 281 g/mol. The summed E-state index contributed by atoms with van der Waals surface area (Å²) in [6.07, 6.45) is 1.34. The molecule has 0 saturated carbocycles. The molecule has 104 valence electrons. The highest BCUT2D eigenvalue weighted by Gasteiger charge is 2.21. The van der Waals surface area contributed by atoms with Crippen LogP contribution in [0.1, 0.15) is 18.9 Å². The van der Waals surface area contributed by atoms with Crippen LogP contribution in [0.4, 0.5) is 4.39 Å². The molecule has 1 aliphatic heterocycles. The maximum absolute atomic E-state index is 13.5. The van der Waals surface area contributed by atoms with Gasteiger partial charge in [0.15, 0.2) is 5.78 Å². The number of nitrogens with zero attached hydrogens (tertiary/aromatic N) is 1. The summed E-state index contributed by atoms with van der Waals surface area (Å²) in [7, 11) is 0. The van der Waals surface area contributed by atoms with Crippen LogP contribution < -0.4 is 0 Å². The summed E-state index contributed by atoms with van der Waals surface area (Å²) in [6.45, 7) is 4.57. The van der Waals surface area contributed by atoms with E-state index < -0.39 is 0 Å². The van der Waals surface area contributed by atoms with Crippen LogP contribution in [-0.2, 0) is 11.2 Å². The molecule has 1 aromatic rings. The van der Waals surface area contributed by atoms with E-state index in [1.807, 2.05) is 11.8 Å². The predicted molar refractivity (Wildman–Crippen MR) is 78.1 cm³/mol. The monoisotopic (exact) mass is 281 g/mol. The summed E-state index contributed by atoms with van der Waals surface area (Å²) >= 11 is 1.99. The van der Waals surface area contributed by atoms with Crippen molar-refractivity contribution < 1.29 is 9.18 Å². The molecule has 1 aromatic carbocycles. The topological polar surface area (TPSA) is 20.3 Å². The molecule has 1 aliphatic rings. The van der Waals surface area contributed by atoms with Gasteiger partial charge in [-0.2, -0.15) is 11.8 Å². The number of halogens is 1. The minimum absolute atomic E-state index is 0.104. The number of carbonyl (C=O) groups excluding carboxylic acids is 1. The molecule has 4 heteroatoms. The molecule has 0 amide bonds. The van der Waals surface area contributed by atoms with Crippen LogP contribution in [0.5, 0.6) is 0 Å². The number of hydrogen-bond acceptors (Lipinski definition) is 3. The highest BCUT2D eigenvalue weighted by Crippen LogP contribution is 2.21. The normalized spacial score (nSPS) is 20.4. The maximum Gasteiger partial charge on any atom is 0.151 e. The third-order valence-electron chi connectivity index (χ3n) is 3.42. The van der Waals surface area contributed by atoms with Crippen molar-refractivity contribution >= 4 is 17.5 Å². The number of rotatable bonds is 5. The lowest BCUT2D eigenvalue weighted by molar-refractivity contribution is -0.119. The first kappa shape index (κ1) is 14.5. The summed E-state index contributed by atoms with van der Waals surface area (Å²) < 4.78 is 13.5. The van der Waals surface area contributed by atoms with Crippen LogP contribution in [0.25, 0.3) is 0 Å². The number of thioether (sulfide) groups is 1. The molecule has 0 N–H and O–H groups in total. The summed E-state index contributed by atoms with van der Waals surface area (Å²) in [4.78, 5) is 14.2. The van der Waals surface area contributed by atoms with Crippen molar-refractivity contribution in [2.24, 2.45) is 0 Å². The number of benzene rings is 1. The van der Waals surface area contributed by atoms with E-state index in [1.54, 1.807) is 18.2 Å². The predicted octanol–water partition coefficient (Wildman–Crippen LogP) is 2.76. The zero-order valence-corrected chi connectivity index (χ0v) is 12.1. The third-order valence-corrected chi connectivity index (χ3v) is 4.80. The Morgan fingerprint density at radius 3 is 3.00 bits per heavy atom. The van der Waals surface area contributed by atoms with E-state index in [0.29, 0.717) is 17.4 Å². The van der Waals surface area contributed by atoms with Gasteiger partial charge in [0.1, 0.15) is 5.82 Å². The fourth-order valence-electron chi connectivity index (χ4n) is 2.33. The summed E-state index contributed by atoms with van der Waals surface area (Å²) in [5.41, 5.74) is 0.505. The first-order valence-electron chi connectivity index (χ1n) is 6.78. The van der Waals surface area contributed by atoms with E-state index in [1.165, 1.54) is 6.07 Å². The number of hydrogen-bond donors (Lipinski definition) is 0. The van der Waals surface area contributed by atoms with Crippen molar-refractivity contribution in [1.82, 2.24) is 4.90 Å². The molecule has 0 spiro atoms. The van der Waals surface area contributed by atoms with Gasteiger partial charge in [-0.1, -0.05) is 25.1 Å². The highest BCUT2D eigenvalue weighted by molar-refractivity contribution is 8.00. The Kier molecular flexibility index (Phi) is 5.40. The second-order valence-corrected chi connectivity index (χ2v) is 6.35. The van der Waals surface area contributed by atoms with Gasteiger partial charge in [0, 0.05) is 30.5 Å². The molecular formula is C15H20FNOS. The van der Waals surface area contributed by atoms with Gasteiger partial charge < -0.3 is 0 Å². The highest BCUT2D eigenvalue weighted by atomic mass is 32.2. The second kappa shape index (κ2) is 7.06. The van der Waals surface area contributed by atoms with Crippen LogP contribution in [0.3, 0.4) is 0 Å². The van der Waals surface area contributed by atoms with E-state index in [-0.39, 0.29) is 18.0 Å². The lowest BCUT2D eigenvalue weighted by Gasteiger charge is -2.31. The molecule has 1 fully saturated rings. The van der Waals surface area contributed by atoms with Crippen molar-refractivity contribution in [3.05, 3.63) is 35.6 Å². The molecule has 19 heavy (non-hydrogen) atoms. The van der Waals surface area contributed by atoms with Crippen LogP contribution >= 0.6 is 11.8 Å². The minimum Gasteiger partial charge on any atom is -0.298 e. The maximum atomic E-state index is 13.5. The first-order chi connectivity index (χ1) is 9.19. The van der Waals surface area contributed by atoms with Crippen molar-refractivity contribution in [1.29, 1.82) is 0 Å². The number of Topliss-reactive ketones (excluding diaryl/α,β-unsaturated/α-hetero) is 1. The Morgan fingerprint density at radius 2 is 2.26 bits per heavy atom. The standard InChI is InChI=1S/C15H20FNOS/c1-2-14-11-17(7-8-19-14)10-13(18)9-12-5-3-4-6-15(12)16/h3-6,14H,2,7-11H2,1H3. The molecule has 1 atom stereocenters. The van der Waals surface area contributed by atoms with E-state index >= 15 is 0 Å². The SMILES string of the molecule is CCC1CN(CC(=O)Cc2ccccc2F)CCS1. The zero-order chi connectivity index (χ0) is 13.7. The van der Waals surface area contributed by atoms with Crippen LogP contribution in [0.15, 0.2) is 24.3 Å². The molecule has 0 bridgehead atoms. The van der Waals surface area contributed by atoms with Gasteiger partial charge in [-0.15, -0.1) is 0 Å². The van der Waals surface area contributed by atoms with Crippen molar-refractivity contribution in [3.63, 3.8) is 0 Å². The van der Waals surface area contributed by atoms with Gasteiger partial charge in [-0.25, -0.2) is 4.39 Å². The Bertz CT molecular complexity index is 438. The van der Waals surface area contributed by atoms with Crippen molar-refractivity contribution in [3.8, 4) is 0 Å². The molecule has 2 nitrogen and oxygen atoms in total. The summed E-state index contributed by atoms with van der Waals surface area (Å²) in [5, 5.41) is 0.634. The number of ketones is 1. The Balaban J connectivity index is 1.86. The first-order valence-corrected chi connectivity index (χ1v) is 7.83. The zero-order valence-electron chi connectivity index (χ0n) is 11.3. The van der Waals surface area contributed by atoms with Crippen LogP contribution in [0.2, 0.25) is 0 Å². The van der Waals surface area contributed by atoms with Gasteiger partial charge in [0.2, 0.25) is 0 Å². The summed E-state index contributed by atoms with van der Waals surface area (Å²) in [6, 6.07) is 6.52. The van der Waals surface area contributed by atoms with Crippen molar-refractivity contribution in [2.75, 3.05) is 25.4 Å². The van der Waals surface area contributed by atoms with Gasteiger partial charge in [0.25, 0.3) is 0 Å². The van der Waals surface area contributed by atoms with Gasteiger partial charge >= 0.3 is 0 Å². The van der Waals surface area contributed by atoms with Gasteiger partial charge in [-0.3, -0.25) is 9.69 Å². The van der Waals surface area contributed by atoms with E-state index in [9.17, 15) is 9.18 Å². The second-order valence-electron chi connectivity index (χ2n) is 4.94. The van der Waals surface area contributed by atoms with Crippen molar-refractivity contribution in [2.45, 2.75) is 25.0 Å². The number of carbonyl (C=O) groups is 1. The molecule has 1 heterocycles. The molecule has 0 aliphatic carbocycles. The summed E-state index contributed by atoms with van der Waals surface area (Å²) in [5.74, 6) is 0.911. The lowest BCUT2D eigenvalue weighted by atomic mass is 10.1. The van der Waals surface area contributed by atoms with Gasteiger partial charge in [-0.05, 0) is 18.1 Å². The molecule has 0 radical (unpaired) electrons. The van der Waals surface area contributed by atoms with E-state index in [4.69, 9.17) is 0 Å².